The van der Waals surface area contributed by atoms with Gasteiger partial charge in [-0.2, -0.15) is 20.7 Å². The van der Waals surface area contributed by atoms with E-state index in [1.807, 2.05) is 57.6 Å². The van der Waals surface area contributed by atoms with Gasteiger partial charge in [0.15, 0.2) is 22.6 Å². The Hall–Kier alpha value is -5.84. The zero-order valence-electron chi connectivity index (χ0n) is 28.2. The Morgan fingerprint density at radius 3 is 1.86 bits per heavy atom. The number of fused-ring (bicyclic) bond motifs is 2. The lowest BCUT2D eigenvalue weighted by Crippen LogP contribution is -2.25. The van der Waals surface area contributed by atoms with E-state index in [-0.39, 0.29) is 23.7 Å². The number of nitrogens with one attached hydrogen (secondary N) is 3. The standard InChI is InChI=1S/C18H18N6OS.C17H16N6OS/c1-10-16(11(2)23-22-10)12-3-4-14-15(7-12)26-18(20-14)21-17(25)13-5-6-24(8-13)9-19;1-22-8-13(7-19-22)11-2-3-14-15(6-11)25-17(20-14)21-16(24)12-4-5-23(9-12)10-18/h3-4,7,13H,5-6,8H2,1-2H3,(H,22,23)(H,20,21,25);2-3,6-8,12H,4-5,9H2,1H3,(H,20,21,24)/t13-;12-/m00/s1. The first kappa shape index (κ1) is 33.6. The molecular weight excluding hydrogens is 685 g/mol. The molecule has 2 fully saturated rings. The van der Waals surface area contributed by atoms with Gasteiger partial charge in [-0.3, -0.25) is 19.4 Å². The highest BCUT2D eigenvalue weighted by Crippen LogP contribution is 2.34. The molecular formula is C35H34N12O2S2. The summed E-state index contributed by atoms with van der Waals surface area (Å²) in [5.74, 6) is -0.445. The second kappa shape index (κ2) is 14.2. The molecule has 8 rings (SSSR count). The lowest BCUT2D eigenvalue weighted by molar-refractivity contribution is -0.120. The lowest BCUT2D eigenvalue weighted by Gasteiger charge is -2.08. The van der Waals surface area contributed by atoms with Crippen LogP contribution >= 0.6 is 22.7 Å². The predicted octanol–water partition coefficient (Wildman–Crippen LogP) is 5.48. The number of likely N-dealkylation sites (tertiary alicyclic amines) is 2. The molecule has 2 aliphatic rings. The number of rotatable bonds is 6. The monoisotopic (exact) mass is 718 g/mol. The molecule has 0 unspecified atom stereocenters. The number of benzene rings is 2. The third kappa shape index (κ3) is 7.23. The first-order chi connectivity index (χ1) is 24.7. The molecule has 16 heteroatoms. The number of thiazole rings is 2. The molecule has 0 saturated carbocycles. The molecule has 2 atom stereocenters. The van der Waals surface area contributed by atoms with E-state index in [1.54, 1.807) is 14.5 Å². The summed E-state index contributed by atoms with van der Waals surface area (Å²) in [5.41, 5.74) is 8.02. The number of amides is 2. The predicted molar refractivity (Wildman–Crippen MR) is 196 cm³/mol. The molecule has 3 N–H and O–H groups in total. The van der Waals surface area contributed by atoms with Crippen LogP contribution in [-0.2, 0) is 16.6 Å². The zero-order chi connectivity index (χ0) is 35.6. The Morgan fingerprint density at radius 1 is 0.843 bits per heavy atom. The van der Waals surface area contributed by atoms with Gasteiger partial charge in [-0.25, -0.2) is 9.97 Å². The maximum Gasteiger partial charge on any atom is 0.231 e. The van der Waals surface area contributed by atoms with Crippen molar-refractivity contribution in [2.24, 2.45) is 18.9 Å². The van der Waals surface area contributed by atoms with Crippen LogP contribution in [0.5, 0.6) is 0 Å². The number of hydrogen-bond acceptors (Lipinski definition) is 12. The summed E-state index contributed by atoms with van der Waals surface area (Å²) in [5, 5.41) is 36.3. The van der Waals surface area contributed by atoms with Crippen LogP contribution in [0.4, 0.5) is 10.3 Å². The Balaban J connectivity index is 0.000000159. The SMILES string of the molecule is Cc1n[nH]c(C)c1-c1ccc2nc(NC(=O)[C@H]3CCN(C#N)C3)sc2c1.Cn1cc(-c2ccc3nc(NC(=O)[C@H]4CCN(C#N)C4)sc3c2)cn1. The molecule has 0 aliphatic carbocycles. The molecule has 6 heterocycles. The van der Waals surface area contributed by atoms with Gasteiger partial charge in [0.1, 0.15) is 0 Å². The van der Waals surface area contributed by atoms with Crippen molar-refractivity contribution in [2.45, 2.75) is 26.7 Å². The van der Waals surface area contributed by atoms with Gasteiger partial charge in [0, 0.05) is 56.2 Å². The summed E-state index contributed by atoms with van der Waals surface area (Å²) < 4.78 is 3.80. The average molecular weight is 719 g/mol. The van der Waals surface area contributed by atoms with Crippen LogP contribution < -0.4 is 10.6 Å². The number of H-pyrrole nitrogens is 1. The van der Waals surface area contributed by atoms with Gasteiger partial charge in [0.2, 0.25) is 11.8 Å². The molecule has 51 heavy (non-hydrogen) atoms. The van der Waals surface area contributed by atoms with E-state index in [2.05, 4.69) is 60.4 Å². The van der Waals surface area contributed by atoms with E-state index in [0.717, 1.165) is 54.1 Å². The van der Waals surface area contributed by atoms with Crippen molar-refractivity contribution in [3.05, 3.63) is 60.2 Å². The fourth-order valence-electron chi connectivity index (χ4n) is 6.38. The topological polar surface area (TPSA) is 185 Å². The van der Waals surface area contributed by atoms with Gasteiger partial charge < -0.3 is 20.4 Å². The number of nitriles is 2. The quantitative estimate of drug-likeness (QED) is 0.186. The van der Waals surface area contributed by atoms with Crippen LogP contribution in [0.2, 0.25) is 0 Å². The van der Waals surface area contributed by atoms with Gasteiger partial charge in [-0.1, -0.05) is 34.8 Å². The third-order valence-electron chi connectivity index (χ3n) is 9.09. The number of aromatic nitrogens is 6. The lowest BCUT2D eigenvalue weighted by atomic mass is 10.0. The summed E-state index contributed by atoms with van der Waals surface area (Å²) >= 11 is 2.92. The molecule has 14 nitrogen and oxygen atoms in total. The van der Waals surface area contributed by atoms with Crippen LogP contribution in [0.25, 0.3) is 42.7 Å². The number of carbonyl (C=O) groups excluding carboxylic acids is 2. The van der Waals surface area contributed by atoms with Crippen molar-refractivity contribution in [2.75, 3.05) is 36.8 Å². The van der Waals surface area contributed by atoms with E-state index in [1.165, 1.54) is 22.7 Å². The highest BCUT2D eigenvalue weighted by molar-refractivity contribution is 7.22. The summed E-state index contributed by atoms with van der Waals surface area (Å²) in [6, 6.07) is 12.1. The molecule has 2 aliphatic heterocycles. The fraction of sp³-hybridized carbons (Fsp3) is 0.314. The highest BCUT2D eigenvalue weighted by atomic mass is 32.1. The van der Waals surface area contributed by atoms with Gasteiger partial charge >= 0.3 is 0 Å². The minimum absolute atomic E-state index is 0.0655. The summed E-state index contributed by atoms with van der Waals surface area (Å²) in [6.07, 6.45) is 9.38. The zero-order valence-corrected chi connectivity index (χ0v) is 29.8. The van der Waals surface area contributed by atoms with Crippen molar-refractivity contribution in [3.8, 4) is 34.6 Å². The van der Waals surface area contributed by atoms with Crippen LogP contribution in [0.3, 0.4) is 0 Å². The van der Waals surface area contributed by atoms with E-state index >= 15 is 0 Å². The molecule has 0 radical (unpaired) electrons. The fourth-order valence-corrected chi connectivity index (χ4v) is 8.20. The molecule has 2 saturated heterocycles. The van der Waals surface area contributed by atoms with Crippen LogP contribution in [-0.4, -0.2) is 77.7 Å². The smallest absolute Gasteiger partial charge is 0.231 e. The molecule has 6 aromatic rings. The van der Waals surface area contributed by atoms with Gasteiger partial charge in [-0.15, -0.1) is 0 Å². The van der Waals surface area contributed by atoms with E-state index in [4.69, 9.17) is 10.5 Å². The molecule has 2 amide bonds. The molecule has 4 aromatic heterocycles. The Bertz CT molecular complexity index is 2320. The summed E-state index contributed by atoms with van der Waals surface area (Å²) in [4.78, 5) is 37.0. The van der Waals surface area contributed by atoms with Crippen LogP contribution in [0, 0.1) is 48.6 Å². The van der Waals surface area contributed by atoms with Gasteiger partial charge in [-0.05, 0) is 62.1 Å². The van der Waals surface area contributed by atoms with Crippen molar-refractivity contribution < 1.29 is 9.59 Å². The van der Waals surface area contributed by atoms with Crippen molar-refractivity contribution in [1.29, 1.82) is 10.5 Å². The van der Waals surface area contributed by atoms with Gasteiger partial charge in [0.05, 0.1) is 44.2 Å². The van der Waals surface area contributed by atoms with E-state index in [0.29, 0.717) is 49.3 Å². The van der Waals surface area contributed by atoms with Crippen LogP contribution in [0.15, 0.2) is 48.8 Å². The maximum atomic E-state index is 12.4. The Morgan fingerprint density at radius 2 is 1.39 bits per heavy atom. The second-order valence-electron chi connectivity index (χ2n) is 12.7. The molecule has 0 bridgehead atoms. The Labute approximate surface area is 301 Å². The number of hydrogen-bond donors (Lipinski definition) is 3. The molecule has 258 valence electrons. The van der Waals surface area contributed by atoms with Gasteiger partial charge in [0.25, 0.3) is 0 Å². The van der Waals surface area contributed by atoms with E-state index < -0.39 is 0 Å². The first-order valence-electron chi connectivity index (χ1n) is 16.4. The number of anilines is 2. The molecule has 2 aromatic carbocycles. The minimum atomic E-state index is -0.159. The summed E-state index contributed by atoms with van der Waals surface area (Å²) in [7, 11) is 1.89. The number of aromatic amines is 1. The highest BCUT2D eigenvalue weighted by Gasteiger charge is 2.29. The van der Waals surface area contributed by atoms with Crippen molar-refractivity contribution in [3.63, 3.8) is 0 Å². The van der Waals surface area contributed by atoms with Crippen LogP contribution in [0.1, 0.15) is 24.2 Å². The van der Waals surface area contributed by atoms with E-state index in [9.17, 15) is 9.59 Å². The van der Waals surface area contributed by atoms with Crippen molar-refractivity contribution >= 4 is 65.2 Å². The molecule has 0 spiro atoms. The number of aryl methyl sites for hydroxylation is 3. The second-order valence-corrected chi connectivity index (χ2v) is 14.7. The third-order valence-corrected chi connectivity index (χ3v) is 11.0. The minimum Gasteiger partial charge on any atom is -0.310 e. The largest absolute Gasteiger partial charge is 0.310 e. The number of nitrogens with zero attached hydrogens (tertiary/aromatic N) is 9. The van der Waals surface area contributed by atoms with Crippen molar-refractivity contribution in [1.82, 2.24) is 39.7 Å². The Kier molecular flexibility index (Phi) is 9.36. The average Bonchev–Trinajstić information content (AvgIpc) is 3.97. The summed E-state index contributed by atoms with van der Waals surface area (Å²) in [6.45, 7) is 6.23. The normalized spacial score (nSPS) is 16.9. The first-order valence-corrected chi connectivity index (χ1v) is 18.0. The maximum absolute atomic E-state index is 12.4. The number of carbonyl (C=O) groups is 2.